The van der Waals surface area contributed by atoms with E-state index in [-0.39, 0.29) is 26.8 Å². The van der Waals surface area contributed by atoms with E-state index in [4.69, 9.17) is 15.8 Å². The van der Waals surface area contributed by atoms with Crippen LogP contribution in [-0.4, -0.2) is 24.2 Å². The molecule has 1 amide bonds. The second-order valence-corrected chi connectivity index (χ2v) is 4.46. The van der Waals surface area contributed by atoms with Crippen molar-refractivity contribution >= 4 is 17.0 Å². The van der Waals surface area contributed by atoms with Crippen LogP contribution in [0.5, 0.6) is 0 Å². The zero-order valence-corrected chi connectivity index (χ0v) is 10.6. The van der Waals surface area contributed by atoms with Crippen molar-refractivity contribution in [1.29, 1.82) is 15.8 Å². The maximum atomic E-state index is 11.6. The quantitative estimate of drug-likeness (QED) is 0.717. The van der Waals surface area contributed by atoms with Gasteiger partial charge in [-0.15, -0.1) is 0 Å². The topological polar surface area (TPSA) is 91.7 Å². The lowest BCUT2D eigenvalue weighted by atomic mass is 10.1. The van der Waals surface area contributed by atoms with Crippen molar-refractivity contribution in [1.82, 2.24) is 4.90 Å². The standard InChI is InChI=1S/C12H8N4OS/c1-16(2)12(17)18-11-9(6-14)3-8(5-13)4-10(11)7-15/h3-4H,1-2H3. The Balaban J connectivity index is 3.36. The van der Waals surface area contributed by atoms with Crippen molar-refractivity contribution in [2.75, 3.05) is 14.1 Å². The first kappa shape index (κ1) is 13.6. The summed E-state index contributed by atoms with van der Waals surface area (Å²) in [6, 6.07) is 8.40. The average Bonchev–Trinajstić information content (AvgIpc) is 2.38. The lowest BCUT2D eigenvalue weighted by molar-refractivity contribution is 0.241. The van der Waals surface area contributed by atoms with E-state index < -0.39 is 0 Å². The molecule has 0 atom stereocenters. The molecule has 0 aliphatic carbocycles. The summed E-state index contributed by atoms with van der Waals surface area (Å²) >= 11 is 0.806. The molecule has 1 aromatic carbocycles. The molecular formula is C12H8N4OS. The van der Waals surface area contributed by atoms with Crippen LogP contribution in [0.4, 0.5) is 4.79 Å². The molecule has 0 heterocycles. The van der Waals surface area contributed by atoms with E-state index in [1.165, 1.54) is 17.0 Å². The van der Waals surface area contributed by atoms with Crippen LogP contribution in [0.2, 0.25) is 0 Å². The fourth-order valence-corrected chi connectivity index (χ4v) is 1.93. The van der Waals surface area contributed by atoms with E-state index in [1.807, 2.05) is 18.2 Å². The molecule has 0 unspecified atom stereocenters. The van der Waals surface area contributed by atoms with Crippen molar-refractivity contribution in [3.05, 3.63) is 28.8 Å². The molecule has 0 aliphatic rings. The molecule has 0 fully saturated rings. The minimum absolute atomic E-state index is 0.158. The molecule has 1 rings (SSSR count). The number of hydrogen-bond donors (Lipinski definition) is 0. The Morgan fingerprint density at radius 1 is 1.11 bits per heavy atom. The van der Waals surface area contributed by atoms with Gasteiger partial charge in [-0.2, -0.15) is 15.8 Å². The van der Waals surface area contributed by atoms with Crippen LogP contribution in [0.1, 0.15) is 16.7 Å². The Morgan fingerprint density at radius 3 is 1.94 bits per heavy atom. The Morgan fingerprint density at radius 2 is 1.61 bits per heavy atom. The Kier molecular flexibility index (Phi) is 4.32. The third-order valence-electron chi connectivity index (χ3n) is 2.01. The number of rotatable bonds is 1. The summed E-state index contributed by atoms with van der Waals surface area (Å²) in [4.78, 5) is 13.2. The first-order valence-electron chi connectivity index (χ1n) is 4.81. The Labute approximate surface area is 109 Å². The molecule has 0 saturated heterocycles. The first-order chi connectivity index (χ1) is 8.53. The number of hydrogen-bond acceptors (Lipinski definition) is 5. The molecule has 0 spiro atoms. The molecule has 5 nitrogen and oxygen atoms in total. The maximum absolute atomic E-state index is 11.6. The van der Waals surface area contributed by atoms with Crippen molar-refractivity contribution in [2.24, 2.45) is 0 Å². The van der Waals surface area contributed by atoms with Gasteiger partial charge in [0.15, 0.2) is 0 Å². The summed E-state index contributed by atoms with van der Waals surface area (Å²) in [5, 5.41) is 26.5. The van der Waals surface area contributed by atoms with E-state index in [2.05, 4.69) is 0 Å². The summed E-state index contributed by atoms with van der Waals surface area (Å²) in [6.07, 6.45) is 0. The Hall–Kier alpha value is -2.49. The van der Waals surface area contributed by atoms with Gasteiger partial charge in [-0.3, -0.25) is 4.79 Å². The Bertz CT molecular complexity index is 581. The molecule has 0 aromatic heterocycles. The van der Waals surface area contributed by atoms with Crippen LogP contribution in [0.25, 0.3) is 0 Å². The molecule has 88 valence electrons. The van der Waals surface area contributed by atoms with Crippen LogP contribution in [0, 0.1) is 34.0 Å². The van der Waals surface area contributed by atoms with Gasteiger partial charge in [-0.1, -0.05) is 0 Å². The van der Waals surface area contributed by atoms with Gasteiger partial charge in [0.2, 0.25) is 0 Å². The highest BCUT2D eigenvalue weighted by Gasteiger charge is 2.16. The highest BCUT2D eigenvalue weighted by molar-refractivity contribution is 8.13. The number of nitriles is 3. The van der Waals surface area contributed by atoms with Gasteiger partial charge in [0.25, 0.3) is 5.24 Å². The minimum atomic E-state index is -0.285. The zero-order chi connectivity index (χ0) is 13.7. The van der Waals surface area contributed by atoms with Gasteiger partial charge < -0.3 is 4.90 Å². The molecule has 18 heavy (non-hydrogen) atoms. The molecule has 0 bridgehead atoms. The number of thioether (sulfide) groups is 1. The van der Waals surface area contributed by atoms with Gasteiger partial charge in [-0.25, -0.2) is 0 Å². The number of amides is 1. The predicted molar refractivity (Wildman–Crippen MR) is 65.5 cm³/mol. The fourth-order valence-electron chi connectivity index (χ4n) is 1.15. The molecule has 1 aromatic rings. The van der Waals surface area contributed by atoms with Gasteiger partial charge in [0.1, 0.15) is 12.1 Å². The number of carbonyl (C=O) groups excluding carboxylic acids is 1. The summed E-state index contributed by atoms with van der Waals surface area (Å²) in [7, 11) is 3.16. The minimum Gasteiger partial charge on any atom is -0.339 e. The van der Waals surface area contributed by atoms with Crippen LogP contribution < -0.4 is 0 Å². The fraction of sp³-hybridized carbons (Fsp3) is 0.167. The summed E-state index contributed by atoms with van der Waals surface area (Å²) in [5.41, 5.74) is 0.543. The monoisotopic (exact) mass is 256 g/mol. The van der Waals surface area contributed by atoms with Crippen molar-refractivity contribution in [3.63, 3.8) is 0 Å². The highest BCUT2D eigenvalue weighted by Crippen LogP contribution is 2.29. The smallest absolute Gasteiger partial charge is 0.286 e. The first-order valence-corrected chi connectivity index (χ1v) is 5.62. The third-order valence-corrected chi connectivity index (χ3v) is 3.20. The predicted octanol–water partition coefficient (Wildman–Crippen LogP) is 2.08. The van der Waals surface area contributed by atoms with Crippen LogP contribution in [0.15, 0.2) is 17.0 Å². The number of carbonyl (C=O) groups is 1. The van der Waals surface area contributed by atoms with E-state index in [0.717, 1.165) is 11.8 Å². The largest absolute Gasteiger partial charge is 0.339 e. The van der Waals surface area contributed by atoms with Crippen molar-refractivity contribution < 1.29 is 4.79 Å². The number of nitrogens with zero attached hydrogens (tertiary/aromatic N) is 4. The van der Waals surface area contributed by atoms with Crippen LogP contribution >= 0.6 is 11.8 Å². The molecule has 0 saturated carbocycles. The van der Waals surface area contributed by atoms with Gasteiger partial charge in [0.05, 0.1) is 27.7 Å². The molecule has 0 radical (unpaired) electrons. The van der Waals surface area contributed by atoms with E-state index >= 15 is 0 Å². The molecule has 0 N–H and O–H groups in total. The molecule has 6 heteroatoms. The highest BCUT2D eigenvalue weighted by atomic mass is 32.2. The molecular weight excluding hydrogens is 248 g/mol. The van der Waals surface area contributed by atoms with Crippen molar-refractivity contribution in [3.8, 4) is 18.2 Å². The van der Waals surface area contributed by atoms with E-state index in [1.54, 1.807) is 14.1 Å². The average molecular weight is 256 g/mol. The lowest BCUT2D eigenvalue weighted by Crippen LogP contribution is -2.16. The SMILES string of the molecule is CN(C)C(=O)Sc1c(C#N)cc(C#N)cc1C#N. The normalized spacial score (nSPS) is 8.83. The lowest BCUT2D eigenvalue weighted by Gasteiger charge is -2.11. The van der Waals surface area contributed by atoms with E-state index in [0.29, 0.717) is 0 Å². The van der Waals surface area contributed by atoms with Crippen LogP contribution in [0.3, 0.4) is 0 Å². The van der Waals surface area contributed by atoms with Crippen LogP contribution in [-0.2, 0) is 0 Å². The second kappa shape index (κ2) is 5.72. The summed E-state index contributed by atoms with van der Waals surface area (Å²) in [6.45, 7) is 0. The third kappa shape index (κ3) is 2.79. The second-order valence-electron chi connectivity index (χ2n) is 3.50. The van der Waals surface area contributed by atoms with E-state index in [9.17, 15) is 4.79 Å². The zero-order valence-electron chi connectivity index (χ0n) is 9.76. The van der Waals surface area contributed by atoms with Gasteiger partial charge >= 0.3 is 0 Å². The number of benzene rings is 1. The molecule has 0 aliphatic heterocycles. The van der Waals surface area contributed by atoms with Crippen molar-refractivity contribution in [2.45, 2.75) is 4.90 Å². The maximum Gasteiger partial charge on any atom is 0.286 e. The van der Waals surface area contributed by atoms with Gasteiger partial charge in [0, 0.05) is 14.1 Å². The van der Waals surface area contributed by atoms with Gasteiger partial charge in [-0.05, 0) is 23.9 Å². The summed E-state index contributed by atoms with van der Waals surface area (Å²) < 4.78 is 0. The summed E-state index contributed by atoms with van der Waals surface area (Å²) in [5.74, 6) is 0.